The molecule has 1 atom stereocenters. The zero-order valence-electron chi connectivity index (χ0n) is 13.9. The molecule has 1 unspecified atom stereocenters. The third kappa shape index (κ3) is 6.15. The van der Waals surface area contributed by atoms with Crippen LogP contribution in [0.4, 0.5) is 39.5 Å². The number of likely N-dealkylation sites (N-methyl/N-ethyl adjacent to an activating group) is 1. The monoisotopic (exact) mass is 428 g/mol. The van der Waals surface area contributed by atoms with Crippen molar-refractivity contribution in [2.24, 2.45) is 0 Å². The van der Waals surface area contributed by atoms with Crippen LogP contribution in [0.2, 0.25) is 0 Å². The predicted octanol–water partition coefficient (Wildman–Crippen LogP) is 2.33. The molecule has 0 spiro atoms. The van der Waals surface area contributed by atoms with Crippen molar-refractivity contribution in [3.8, 4) is 0 Å². The molecule has 14 heteroatoms. The van der Waals surface area contributed by atoms with Crippen LogP contribution in [-0.4, -0.2) is 87.2 Å². The Labute approximate surface area is 144 Å². The molecule has 0 heterocycles. The Morgan fingerprint density at radius 1 is 0.885 bits per heavy atom. The largest absolute Gasteiger partial charge is 0.460 e. The van der Waals surface area contributed by atoms with Crippen LogP contribution < -0.4 is 0 Å². The summed E-state index contributed by atoms with van der Waals surface area (Å²) in [6, 6.07) is 0. The number of aliphatic hydroxyl groups excluding tert-OH is 1. The molecular formula is C12H19F9NO3S+. The highest BCUT2D eigenvalue weighted by Gasteiger charge is 2.81. The molecule has 0 bridgehead atoms. The van der Waals surface area contributed by atoms with Crippen molar-refractivity contribution >= 4 is 9.84 Å². The Balaban J connectivity index is 5.22. The number of hydrogen-bond donors (Lipinski definition) is 1. The Morgan fingerprint density at radius 2 is 1.31 bits per heavy atom. The number of quaternary nitrogens is 1. The van der Waals surface area contributed by atoms with E-state index in [0.717, 1.165) is 0 Å². The van der Waals surface area contributed by atoms with Crippen molar-refractivity contribution < 1.29 is 57.5 Å². The number of halogens is 9. The lowest BCUT2D eigenvalue weighted by atomic mass is 10.0. The van der Waals surface area contributed by atoms with Gasteiger partial charge in [-0.15, -0.1) is 0 Å². The molecule has 4 nitrogen and oxygen atoms in total. The minimum Gasteiger partial charge on any atom is -0.386 e. The van der Waals surface area contributed by atoms with E-state index >= 15 is 0 Å². The van der Waals surface area contributed by atoms with Crippen LogP contribution >= 0.6 is 0 Å². The van der Waals surface area contributed by atoms with E-state index in [9.17, 15) is 53.0 Å². The first-order valence-electron chi connectivity index (χ1n) is 6.95. The minimum atomic E-state index is -7.06. The fourth-order valence-corrected chi connectivity index (χ4v) is 3.34. The molecule has 0 radical (unpaired) electrons. The molecule has 0 aliphatic carbocycles. The second kappa shape index (κ2) is 7.34. The number of aliphatic hydroxyl groups is 1. The average Bonchev–Trinajstić information content (AvgIpc) is 2.31. The Bertz CT molecular complexity index is 582. The fraction of sp³-hybridized carbons (Fsp3) is 1.00. The van der Waals surface area contributed by atoms with Crippen molar-refractivity contribution in [2.45, 2.75) is 36.5 Å². The average molecular weight is 428 g/mol. The van der Waals surface area contributed by atoms with Crippen LogP contribution in [0.1, 0.15) is 6.42 Å². The number of rotatable bonds is 9. The zero-order valence-corrected chi connectivity index (χ0v) is 14.7. The minimum absolute atomic E-state index is 0.0583. The van der Waals surface area contributed by atoms with E-state index in [2.05, 4.69) is 0 Å². The van der Waals surface area contributed by atoms with Gasteiger partial charge in [0.05, 0.1) is 32.6 Å². The molecule has 0 fully saturated rings. The van der Waals surface area contributed by atoms with Gasteiger partial charge >= 0.3 is 23.9 Å². The van der Waals surface area contributed by atoms with Crippen LogP contribution in [0, 0.1) is 0 Å². The van der Waals surface area contributed by atoms with Gasteiger partial charge in [-0.2, -0.15) is 39.5 Å². The molecule has 0 aromatic rings. The van der Waals surface area contributed by atoms with Crippen LogP contribution in [0.3, 0.4) is 0 Å². The molecular weight excluding hydrogens is 409 g/mol. The lowest BCUT2D eigenvalue weighted by molar-refractivity contribution is -0.873. The molecule has 0 saturated heterocycles. The van der Waals surface area contributed by atoms with E-state index < -0.39 is 57.8 Å². The summed E-state index contributed by atoms with van der Waals surface area (Å²) in [4.78, 5) is 0. The summed E-state index contributed by atoms with van der Waals surface area (Å²) in [6.07, 6.45) is -11.0. The first-order valence-corrected chi connectivity index (χ1v) is 8.77. The maximum absolute atomic E-state index is 13.3. The van der Waals surface area contributed by atoms with Gasteiger partial charge in [-0.3, -0.25) is 0 Å². The van der Waals surface area contributed by atoms with Crippen molar-refractivity contribution in [1.82, 2.24) is 0 Å². The van der Waals surface area contributed by atoms with Gasteiger partial charge in [0.1, 0.15) is 12.6 Å². The topological polar surface area (TPSA) is 54.4 Å². The van der Waals surface area contributed by atoms with Gasteiger partial charge in [-0.1, -0.05) is 0 Å². The summed E-state index contributed by atoms with van der Waals surface area (Å²) < 4.78 is 137. The normalized spacial score (nSPS) is 16.7. The van der Waals surface area contributed by atoms with Crippen molar-refractivity contribution in [3.63, 3.8) is 0 Å². The summed E-state index contributed by atoms with van der Waals surface area (Å²) in [5.74, 6) is -22.8. The van der Waals surface area contributed by atoms with Crippen molar-refractivity contribution in [2.75, 3.05) is 39.2 Å². The second-order valence-electron chi connectivity index (χ2n) is 6.84. The van der Waals surface area contributed by atoms with Gasteiger partial charge in [-0.05, 0) is 0 Å². The molecule has 26 heavy (non-hydrogen) atoms. The number of alkyl halides is 9. The summed E-state index contributed by atoms with van der Waals surface area (Å²) in [7, 11) is 0.00908. The van der Waals surface area contributed by atoms with E-state index in [-0.39, 0.29) is 11.0 Å². The van der Waals surface area contributed by atoms with Gasteiger partial charge in [-0.25, -0.2) is 8.42 Å². The summed E-state index contributed by atoms with van der Waals surface area (Å²) in [6.45, 7) is -0.169. The molecule has 0 aromatic heterocycles. The van der Waals surface area contributed by atoms with E-state index in [1.54, 1.807) is 21.1 Å². The highest BCUT2D eigenvalue weighted by molar-refractivity contribution is 7.91. The molecule has 0 aliphatic heterocycles. The third-order valence-electron chi connectivity index (χ3n) is 3.14. The lowest BCUT2D eigenvalue weighted by Gasteiger charge is -2.33. The Kier molecular flexibility index (Phi) is 7.12. The smallest absolute Gasteiger partial charge is 0.386 e. The number of nitrogens with zero attached hydrogens (tertiary/aromatic N) is 1. The zero-order chi connectivity index (χ0) is 21.4. The fourth-order valence-electron chi connectivity index (χ4n) is 1.91. The molecule has 0 aliphatic rings. The van der Waals surface area contributed by atoms with E-state index in [1.165, 1.54) is 0 Å². The van der Waals surface area contributed by atoms with Gasteiger partial charge in [0, 0.05) is 6.42 Å². The van der Waals surface area contributed by atoms with Crippen LogP contribution in [0.15, 0.2) is 0 Å². The predicted molar refractivity (Wildman–Crippen MR) is 73.1 cm³/mol. The van der Waals surface area contributed by atoms with Crippen molar-refractivity contribution in [1.29, 1.82) is 0 Å². The van der Waals surface area contributed by atoms with E-state index in [1.807, 2.05) is 0 Å². The molecule has 0 aromatic carbocycles. The highest BCUT2D eigenvalue weighted by Crippen LogP contribution is 2.54. The first-order chi connectivity index (χ1) is 11.1. The Hall–Kier alpha value is -0.760. The Morgan fingerprint density at radius 3 is 1.65 bits per heavy atom. The summed E-state index contributed by atoms with van der Waals surface area (Å²) >= 11 is 0. The number of sulfone groups is 1. The highest BCUT2D eigenvalue weighted by atomic mass is 32.2. The molecule has 0 amide bonds. The van der Waals surface area contributed by atoms with Gasteiger partial charge < -0.3 is 9.59 Å². The SMILES string of the molecule is C[N+](C)(C)CC(O)CS(=O)(=O)CCC(F)(F)C(F)(F)C(F)(F)C(F)(F)F. The van der Waals surface area contributed by atoms with E-state index in [0.29, 0.717) is 0 Å². The van der Waals surface area contributed by atoms with Crippen molar-refractivity contribution in [3.05, 3.63) is 0 Å². The number of hydrogen-bond acceptors (Lipinski definition) is 3. The van der Waals surface area contributed by atoms with E-state index in [4.69, 9.17) is 0 Å². The maximum Gasteiger partial charge on any atom is 0.460 e. The molecule has 0 saturated carbocycles. The molecule has 158 valence electrons. The molecule has 0 rings (SSSR count). The van der Waals surface area contributed by atoms with Crippen LogP contribution in [0.25, 0.3) is 0 Å². The molecule has 1 N–H and O–H groups in total. The lowest BCUT2D eigenvalue weighted by Crippen LogP contribution is -2.61. The maximum atomic E-state index is 13.3. The van der Waals surface area contributed by atoms with Crippen LogP contribution in [-0.2, 0) is 9.84 Å². The van der Waals surface area contributed by atoms with Crippen LogP contribution in [0.5, 0.6) is 0 Å². The quantitative estimate of drug-likeness (QED) is 0.453. The summed E-state index contributed by atoms with van der Waals surface area (Å²) in [5.41, 5.74) is 0. The standard InChI is InChI=1S/C12H19F9NO3S/c1-22(2,3)6-8(23)7-26(24,25)5-4-9(13,14)10(15,16)11(17,18)12(19,20)21/h8,23H,4-7H2,1-3H3/q+1. The summed E-state index contributed by atoms with van der Waals surface area (Å²) in [5, 5.41) is 9.55. The first kappa shape index (κ1) is 25.2. The van der Waals surface area contributed by atoms with Gasteiger partial charge in [0.25, 0.3) is 0 Å². The third-order valence-corrected chi connectivity index (χ3v) is 4.86. The van der Waals surface area contributed by atoms with Gasteiger partial charge in [0.15, 0.2) is 9.84 Å². The van der Waals surface area contributed by atoms with Gasteiger partial charge in [0.2, 0.25) is 0 Å². The second-order valence-corrected chi connectivity index (χ2v) is 9.07.